The maximum atomic E-state index is 11.5. The Balaban J connectivity index is 1.84. The Morgan fingerprint density at radius 3 is 1.85 bits per heavy atom. The fourth-order valence-electron chi connectivity index (χ4n) is 2.64. The van der Waals surface area contributed by atoms with Gasteiger partial charge in [-0.25, -0.2) is 0 Å². The normalized spacial score (nSPS) is 10.4. The van der Waals surface area contributed by atoms with E-state index in [1.165, 1.54) is 0 Å². The summed E-state index contributed by atoms with van der Waals surface area (Å²) in [6, 6.07) is 21.3. The number of ether oxygens (including phenoxy) is 2. The number of hydrogen-bond donors (Lipinski definition) is 0. The van der Waals surface area contributed by atoms with Crippen molar-refractivity contribution in [2.45, 2.75) is 20.1 Å². The largest absolute Gasteiger partial charge is 0.487 e. The fraction of sp³-hybridized carbons (Fsp3) is 0.136. The Kier molecular flexibility index (Phi) is 5.92. The molecule has 0 aromatic heterocycles. The zero-order chi connectivity index (χ0) is 18.4. The second-order valence-electron chi connectivity index (χ2n) is 5.92. The van der Waals surface area contributed by atoms with Crippen molar-refractivity contribution < 1.29 is 14.3 Å². The molecule has 0 amide bonds. The van der Waals surface area contributed by atoms with E-state index >= 15 is 0 Å². The molecule has 0 aliphatic heterocycles. The summed E-state index contributed by atoms with van der Waals surface area (Å²) in [5.74, 6) is 0.878. The molecule has 0 N–H and O–H groups in total. The van der Waals surface area contributed by atoms with E-state index in [1.807, 2.05) is 67.6 Å². The van der Waals surface area contributed by atoms with Crippen molar-refractivity contribution >= 4 is 17.9 Å². The van der Waals surface area contributed by atoms with Gasteiger partial charge < -0.3 is 9.47 Å². The maximum Gasteiger partial charge on any atom is 0.153 e. The fourth-order valence-corrected chi connectivity index (χ4v) is 3.01. The first-order valence-electron chi connectivity index (χ1n) is 8.30. The summed E-state index contributed by atoms with van der Waals surface area (Å²) >= 11 is 6.52. The Labute approximate surface area is 158 Å². The van der Waals surface area contributed by atoms with E-state index in [9.17, 15) is 4.79 Å². The molecule has 3 aromatic rings. The molecule has 0 bridgehead atoms. The second-order valence-corrected chi connectivity index (χ2v) is 6.30. The number of rotatable bonds is 7. The van der Waals surface area contributed by atoms with Crippen molar-refractivity contribution in [3.63, 3.8) is 0 Å². The van der Waals surface area contributed by atoms with Crippen LogP contribution in [-0.4, -0.2) is 6.29 Å². The first kappa shape index (κ1) is 18.0. The molecule has 0 aliphatic carbocycles. The molecule has 0 radical (unpaired) electrons. The zero-order valence-corrected chi connectivity index (χ0v) is 15.2. The molecule has 4 heteroatoms. The molecule has 0 unspecified atom stereocenters. The average molecular weight is 367 g/mol. The highest BCUT2D eigenvalue weighted by atomic mass is 35.5. The number of carbonyl (C=O) groups excluding carboxylic acids is 1. The summed E-state index contributed by atoms with van der Waals surface area (Å²) in [5.41, 5.74) is 3.23. The molecule has 0 atom stereocenters. The third kappa shape index (κ3) is 4.24. The van der Waals surface area contributed by atoms with Gasteiger partial charge in [-0.3, -0.25) is 4.79 Å². The molecule has 0 fully saturated rings. The lowest BCUT2D eigenvalue weighted by Gasteiger charge is -2.17. The van der Waals surface area contributed by atoms with Crippen molar-refractivity contribution in [1.29, 1.82) is 0 Å². The molecule has 0 heterocycles. The van der Waals surface area contributed by atoms with Crippen molar-refractivity contribution in [3.8, 4) is 11.5 Å². The summed E-state index contributed by atoms with van der Waals surface area (Å²) in [5, 5.41) is 0.318. The van der Waals surface area contributed by atoms with Crippen LogP contribution in [0.5, 0.6) is 11.5 Å². The number of halogens is 1. The monoisotopic (exact) mass is 366 g/mol. The van der Waals surface area contributed by atoms with Gasteiger partial charge in [0.1, 0.15) is 24.0 Å². The molecule has 3 nitrogen and oxygen atoms in total. The standard InChI is InChI=1S/C22H19ClO3/c1-16-12-19(13-24)22(26-15-18-10-6-3-7-11-18)20(23)21(16)25-14-17-8-4-2-5-9-17/h2-13H,14-15H2,1H3. The highest BCUT2D eigenvalue weighted by molar-refractivity contribution is 6.34. The molecule has 0 saturated heterocycles. The summed E-state index contributed by atoms with van der Waals surface area (Å²) in [7, 11) is 0. The minimum atomic E-state index is 0.318. The van der Waals surface area contributed by atoms with Crippen molar-refractivity contribution in [1.82, 2.24) is 0 Å². The van der Waals surface area contributed by atoms with Crippen LogP contribution in [0.1, 0.15) is 27.0 Å². The van der Waals surface area contributed by atoms with E-state index in [0.717, 1.165) is 23.0 Å². The number of aryl methyl sites for hydroxylation is 1. The van der Waals surface area contributed by atoms with E-state index < -0.39 is 0 Å². The van der Waals surface area contributed by atoms with Gasteiger partial charge in [0.05, 0.1) is 5.56 Å². The number of hydrogen-bond acceptors (Lipinski definition) is 3. The van der Waals surface area contributed by atoms with Gasteiger partial charge in [0.15, 0.2) is 12.0 Å². The SMILES string of the molecule is Cc1cc(C=O)c(OCc2ccccc2)c(Cl)c1OCc1ccccc1. The first-order valence-corrected chi connectivity index (χ1v) is 8.68. The van der Waals surface area contributed by atoms with E-state index in [0.29, 0.717) is 35.3 Å². The summed E-state index contributed by atoms with van der Waals surface area (Å²) in [6.07, 6.45) is 0.750. The van der Waals surface area contributed by atoms with Gasteiger partial charge in [0.2, 0.25) is 0 Å². The van der Waals surface area contributed by atoms with Crippen molar-refractivity contribution in [3.05, 3.63) is 94.0 Å². The Bertz CT molecular complexity index is 877. The smallest absolute Gasteiger partial charge is 0.153 e. The van der Waals surface area contributed by atoms with Crippen LogP contribution in [0.2, 0.25) is 5.02 Å². The first-order chi connectivity index (χ1) is 12.7. The molecule has 0 aliphatic rings. The molecular weight excluding hydrogens is 348 g/mol. The van der Waals surface area contributed by atoms with E-state index in [4.69, 9.17) is 21.1 Å². The minimum absolute atomic E-state index is 0.318. The van der Waals surface area contributed by atoms with Crippen LogP contribution in [0.4, 0.5) is 0 Å². The summed E-state index contributed by atoms with van der Waals surface area (Å²) in [6.45, 7) is 2.57. The zero-order valence-electron chi connectivity index (χ0n) is 14.4. The van der Waals surface area contributed by atoms with Crippen LogP contribution in [0.3, 0.4) is 0 Å². The van der Waals surface area contributed by atoms with Crippen molar-refractivity contribution in [2.24, 2.45) is 0 Å². The topological polar surface area (TPSA) is 35.5 Å². The molecule has 0 spiro atoms. The van der Waals surface area contributed by atoms with E-state index in [2.05, 4.69) is 0 Å². The molecular formula is C22H19ClO3. The van der Waals surface area contributed by atoms with Gasteiger partial charge >= 0.3 is 0 Å². The van der Waals surface area contributed by atoms with E-state index in [1.54, 1.807) is 6.07 Å². The number of benzene rings is 3. The molecule has 3 rings (SSSR count). The van der Waals surface area contributed by atoms with Crippen LogP contribution in [-0.2, 0) is 13.2 Å². The highest BCUT2D eigenvalue weighted by Crippen LogP contribution is 2.40. The van der Waals surface area contributed by atoms with Crippen molar-refractivity contribution in [2.75, 3.05) is 0 Å². The predicted molar refractivity (Wildman–Crippen MR) is 103 cm³/mol. The third-order valence-electron chi connectivity index (χ3n) is 3.97. The van der Waals surface area contributed by atoms with Crippen LogP contribution in [0.15, 0.2) is 66.7 Å². The highest BCUT2D eigenvalue weighted by Gasteiger charge is 2.17. The third-order valence-corrected chi connectivity index (χ3v) is 4.31. The van der Waals surface area contributed by atoms with Crippen LogP contribution in [0, 0.1) is 6.92 Å². The molecule has 0 saturated carbocycles. The maximum absolute atomic E-state index is 11.5. The summed E-state index contributed by atoms with van der Waals surface area (Å²) < 4.78 is 11.8. The Morgan fingerprint density at radius 2 is 1.35 bits per heavy atom. The predicted octanol–water partition coefficient (Wildman–Crippen LogP) is 5.62. The minimum Gasteiger partial charge on any atom is -0.487 e. The van der Waals surface area contributed by atoms with Crippen LogP contribution < -0.4 is 9.47 Å². The molecule has 26 heavy (non-hydrogen) atoms. The van der Waals surface area contributed by atoms with Gasteiger partial charge in [-0.1, -0.05) is 72.3 Å². The lowest BCUT2D eigenvalue weighted by Crippen LogP contribution is -2.03. The van der Waals surface area contributed by atoms with Gasteiger partial charge in [-0.2, -0.15) is 0 Å². The molecule has 3 aromatic carbocycles. The Morgan fingerprint density at radius 1 is 0.846 bits per heavy atom. The number of carbonyl (C=O) groups is 1. The van der Waals surface area contributed by atoms with Gasteiger partial charge in [-0.15, -0.1) is 0 Å². The number of aldehydes is 1. The average Bonchev–Trinajstić information content (AvgIpc) is 2.68. The summed E-state index contributed by atoms with van der Waals surface area (Å²) in [4.78, 5) is 11.5. The van der Waals surface area contributed by atoms with Gasteiger partial charge in [0, 0.05) is 0 Å². The van der Waals surface area contributed by atoms with Gasteiger partial charge in [-0.05, 0) is 29.7 Å². The lowest BCUT2D eigenvalue weighted by molar-refractivity contribution is 0.111. The van der Waals surface area contributed by atoms with Crippen LogP contribution in [0.25, 0.3) is 0 Å². The quantitative estimate of drug-likeness (QED) is 0.509. The lowest BCUT2D eigenvalue weighted by atomic mass is 10.1. The van der Waals surface area contributed by atoms with Crippen LogP contribution >= 0.6 is 11.6 Å². The van der Waals surface area contributed by atoms with E-state index in [-0.39, 0.29) is 0 Å². The van der Waals surface area contributed by atoms with Gasteiger partial charge in [0.25, 0.3) is 0 Å². The molecule has 132 valence electrons. The Hall–Kier alpha value is -2.78. The second kappa shape index (κ2) is 8.54.